The summed E-state index contributed by atoms with van der Waals surface area (Å²) >= 11 is 6.41. The molecule has 1 aromatic heterocycles. The van der Waals surface area contributed by atoms with Crippen molar-refractivity contribution in [2.45, 2.75) is 32.6 Å². The standard InChI is InChI=1S/C17H17ClN4/c1-4-7-13-16(19-3)15(11-8-5-6-9-12(11)18)14-10(2)21-22-17(14)20-13/h5-6,8-9,15H,4,7H2,1-2H3,(H2,20,21,22). The predicted octanol–water partition coefficient (Wildman–Crippen LogP) is 4.86. The highest BCUT2D eigenvalue weighted by atomic mass is 35.5. The van der Waals surface area contributed by atoms with E-state index in [1.165, 1.54) is 0 Å². The highest BCUT2D eigenvalue weighted by Crippen LogP contribution is 2.45. The van der Waals surface area contributed by atoms with Gasteiger partial charge in [-0.15, -0.1) is 0 Å². The Morgan fingerprint density at radius 2 is 2.14 bits per heavy atom. The molecule has 1 atom stereocenters. The van der Waals surface area contributed by atoms with Gasteiger partial charge in [0, 0.05) is 22.0 Å². The second kappa shape index (κ2) is 5.86. The molecule has 1 unspecified atom stereocenters. The van der Waals surface area contributed by atoms with Gasteiger partial charge in [0.15, 0.2) is 11.5 Å². The normalized spacial score (nSPS) is 16.9. The molecule has 0 fully saturated rings. The zero-order valence-corrected chi connectivity index (χ0v) is 13.3. The number of H-pyrrole nitrogens is 1. The highest BCUT2D eigenvalue weighted by molar-refractivity contribution is 6.31. The monoisotopic (exact) mass is 312 g/mol. The lowest BCUT2D eigenvalue weighted by molar-refractivity contribution is 0.843. The van der Waals surface area contributed by atoms with Crippen LogP contribution in [-0.2, 0) is 0 Å². The van der Waals surface area contributed by atoms with Crippen molar-refractivity contribution in [3.63, 3.8) is 0 Å². The molecule has 112 valence electrons. The molecule has 0 aliphatic carbocycles. The number of benzene rings is 1. The van der Waals surface area contributed by atoms with Crippen molar-refractivity contribution >= 4 is 17.4 Å². The molecule has 0 radical (unpaired) electrons. The van der Waals surface area contributed by atoms with E-state index in [2.05, 4.69) is 27.3 Å². The lowest BCUT2D eigenvalue weighted by Crippen LogP contribution is -2.18. The molecule has 0 amide bonds. The summed E-state index contributed by atoms with van der Waals surface area (Å²) in [7, 11) is 0. The third-order valence-electron chi connectivity index (χ3n) is 3.97. The van der Waals surface area contributed by atoms with E-state index in [1.807, 2.05) is 31.2 Å². The van der Waals surface area contributed by atoms with Crippen LogP contribution in [0, 0.1) is 13.5 Å². The summed E-state index contributed by atoms with van der Waals surface area (Å²) in [5.74, 6) is 0.640. The molecule has 2 N–H and O–H groups in total. The fourth-order valence-corrected chi connectivity index (χ4v) is 3.23. The summed E-state index contributed by atoms with van der Waals surface area (Å²) in [4.78, 5) is 3.83. The number of allylic oxidation sites excluding steroid dienone is 2. The number of hydrogen-bond acceptors (Lipinski definition) is 2. The lowest BCUT2D eigenvalue weighted by atomic mass is 9.84. The Morgan fingerprint density at radius 1 is 1.36 bits per heavy atom. The third-order valence-corrected chi connectivity index (χ3v) is 4.32. The highest BCUT2D eigenvalue weighted by Gasteiger charge is 2.34. The maximum Gasteiger partial charge on any atom is 0.196 e. The molecule has 0 saturated heterocycles. The van der Waals surface area contributed by atoms with Crippen molar-refractivity contribution in [2.75, 3.05) is 5.32 Å². The SMILES string of the molecule is [C-]#[N+]C1=C(CCC)Nc2n[nH]c(C)c2C1c1ccccc1Cl. The lowest BCUT2D eigenvalue weighted by Gasteiger charge is -2.27. The first-order valence-corrected chi connectivity index (χ1v) is 7.72. The van der Waals surface area contributed by atoms with E-state index < -0.39 is 0 Å². The summed E-state index contributed by atoms with van der Waals surface area (Å²) in [6, 6.07) is 7.72. The average Bonchev–Trinajstić information content (AvgIpc) is 2.88. The van der Waals surface area contributed by atoms with Crippen molar-refractivity contribution < 1.29 is 0 Å². The zero-order chi connectivity index (χ0) is 15.7. The van der Waals surface area contributed by atoms with Crippen LogP contribution in [0.1, 0.15) is 42.5 Å². The smallest absolute Gasteiger partial charge is 0.196 e. The molecule has 1 aliphatic heterocycles. The summed E-state index contributed by atoms with van der Waals surface area (Å²) < 4.78 is 0. The zero-order valence-electron chi connectivity index (χ0n) is 12.6. The van der Waals surface area contributed by atoms with Crippen LogP contribution in [0.3, 0.4) is 0 Å². The van der Waals surface area contributed by atoms with Crippen LogP contribution in [0.25, 0.3) is 4.85 Å². The Bertz CT molecular complexity index is 782. The summed E-state index contributed by atoms with van der Waals surface area (Å²) in [5.41, 5.74) is 4.59. The van der Waals surface area contributed by atoms with Gasteiger partial charge in [-0.05, 0) is 25.0 Å². The predicted molar refractivity (Wildman–Crippen MR) is 88.8 cm³/mol. The number of anilines is 1. The Hall–Kier alpha value is -2.25. The molecule has 0 spiro atoms. The van der Waals surface area contributed by atoms with Gasteiger partial charge in [-0.3, -0.25) is 5.10 Å². The van der Waals surface area contributed by atoms with E-state index in [0.29, 0.717) is 10.7 Å². The Kier molecular flexibility index (Phi) is 3.91. The Balaban J connectivity index is 2.25. The van der Waals surface area contributed by atoms with Gasteiger partial charge in [-0.1, -0.05) is 43.1 Å². The molecule has 2 aromatic rings. The molecule has 2 heterocycles. The van der Waals surface area contributed by atoms with Crippen LogP contribution in [0.4, 0.5) is 5.82 Å². The van der Waals surface area contributed by atoms with E-state index >= 15 is 0 Å². The summed E-state index contributed by atoms with van der Waals surface area (Å²) in [6.45, 7) is 11.8. The average molecular weight is 313 g/mol. The van der Waals surface area contributed by atoms with Crippen molar-refractivity contribution in [2.24, 2.45) is 0 Å². The number of fused-ring (bicyclic) bond motifs is 1. The number of hydrogen-bond donors (Lipinski definition) is 2. The van der Waals surface area contributed by atoms with Gasteiger partial charge in [0.05, 0.1) is 12.5 Å². The number of halogens is 1. The fraction of sp³-hybridized carbons (Fsp3) is 0.294. The number of aromatic amines is 1. The van der Waals surface area contributed by atoms with Crippen molar-refractivity contribution in [1.82, 2.24) is 10.2 Å². The maximum absolute atomic E-state index is 7.67. The molecule has 0 saturated carbocycles. The number of aromatic nitrogens is 2. The van der Waals surface area contributed by atoms with Crippen LogP contribution in [0.15, 0.2) is 35.7 Å². The van der Waals surface area contributed by atoms with Crippen LogP contribution in [-0.4, -0.2) is 10.2 Å². The van der Waals surface area contributed by atoms with Gasteiger partial charge in [-0.25, -0.2) is 4.85 Å². The maximum atomic E-state index is 7.67. The van der Waals surface area contributed by atoms with Crippen LogP contribution in [0.5, 0.6) is 0 Å². The molecule has 22 heavy (non-hydrogen) atoms. The van der Waals surface area contributed by atoms with Crippen LogP contribution in [0.2, 0.25) is 5.02 Å². The van der Waals surface area contributed by atoms with Gasteiger partial charge >= 0.3 is 0 Å². The quantitative estimate of drug-likeness (QED) is 0.795. The minimum Gasteiger partial charge on any atom is -0.352 e. The molecular formula is C17H17ClN4. The topological polar surface area (TPSA) is 45.1 Å². The van der Waals surface area contributed by atoms with Crippen LogP contribution < -0.4 is 5.32 Å². The van der Waals surface area contributed by atoms with Crippen LogP contribution >= 0.6 is 11.6 Å². The first kappa shape index (κ1) is 14.7. The second-order valence-electron chi connectivity index (χ2n) is 5.42. The van der Waals surface area contributed by atoms with Gasteiger partial charge in [0.2, 0.25) is 0 Å². The van der Waals surface area contributed by atoms with E-state index in [9.17, 15) is 0 Å². The molecule has 3 rings (SSSR count). The van der Waals surface area contributed by atoms with Gasteiger partial charge < -0.3 is 5.32 Å². The molecule has 1 aromatic carbocycles. The Labute approximate surface area is 135 Å². The number of aryl methyl sites for hydroxylation is 1. The summed E-state index contributed by atoms with van der Waals surface area (Å²) in [5, 5.41) is 11.4. The van der Waals surface area contributed by atoms with E-state index in [1.54, 1.807) is 0 Å². The van der Waals surface area contributed by atoms with Crippen molar-refractivity contribution in [1.29, 1.82) is 0 Å². The molecule has 1 aliphatic rings. The number of nitrogens with zero attached hydrogens (tertiary/aromatic N) is 2. The first-order valence-electron chi connectivity index (χ1n) is 7.34. The fourth-order valence-electron chi connectivity index (χ4n) is 2.99. The second-order valence-corrected chi connectivity index (χ2v) is 5.82. The van der Waals surface area contributed by atoms with E-state index in [4.69, 9.17) is 18.2 Å². The third kappa shape index (κ3) is 2.28. The Morgan fingerprint density at radius 3 is 2.82 bits per heavy atom. The van der Waals surface area contributed by atoms with E-state index in [-0.39, 0.29) is 5.92 Å². The van der Waals surface area contributed by atoms with Gasteiger partial charge in [0.25, 0.3) is 0 Å². The minimum absolute atomic E-state index is 0.164. The molecule has 0 bridgehead atoms. The minimum atomic E-state index is -0.164. The summed E-state index contributed by atoms with van der Waals surface area (Å²) in [6.07, 6.45) is 1.79. The van der Waals surface area contributed by atoms with Gasteiger partial charge in [0.1, 0.15) is 0 Å². The number of nitrogens with one attached hydrogen (secondary N) is 2. The van der Waals surface area contributed by atoms with Crippen molar-refractivity contribution in [3.05, 3.63) is 68.9 Å². The largest absolute Gasteiger partial charge is 0.352 e. The van der Waals surface area contributed by atoms with E-state index in [0.717, 1.165) is 41.2 Å². The van der Waals surface area contributed by atoms with Crippen molar-refractivity contribution in [3.8, 4) is 0 Å². The number of rotatable bonds is 3. The molecule has 4 nitrogen and oxygen atoms in total. The molecule has 5 heteroatoms. The molecular weight excluding hydrogens is 296 g/mol. The van der Waals surface area contributed by atoms with Gasteiger partial charge in [-0.2, -0.15) is 5.10 Å². The first-order chi connectivity index (χ1) is 10.7.